The molecule has 0 heterocycles. The molecule has 0 aromatic heterocycles. The fourth-order valence-electron chi connectivity index (χ4n) is 0.957. The molecule has 0 aliphatic rings. The molecule has 0 amide bonds. The minimum absolute atomic E-state index is 0. The van der Waals surface area contributed by atoms with Gasteiger partial charge in [0.15, 0.2) is 0 Å². The van der Waals surface area contributed by atoms with Crippen LogP contribution in [-0.4, -0.2) is 6.61 Å². The van der Waals surface area contributed by atoms with E-state index in [1.165, 1.54) is 5.56 Å². The van der Waals surface area contributed by atoms with E-state index in [-0.39, 0.29) is 21.4 Å². The van der Waals surface area contributed by atoms with Crippen LogP contribution in [0.25, 0.3) is 0 Å². The number of halogens is 1. The van der Waals surface area contributed by atoms with Gasteiger partial charge in [0, 0.05) is 0 Å². The van der Waals surface area contributed by atoms with Crippen LogP contribution in [0.5, 0.6) is 5.75 Å². The highest BCUT2D eigenvalue weighted by Gasteiger charge is 1.96. The van der Waals surface area contributed by atoms with Gasteiger partial charge in [-0.15, -0.1) is 12.4 Å². The first-order valence-electron chi connectivity index (χ1n) is 4.79. The molecule has 1 rings (SSSR count). The zero-order valence-corrected chi connectivity index (χ0v) is 11.1. The van der Waals surface area contributed by atoms with Gasteiger partial charge in [-0.1, -0.05) is 26.0 Å². The summed E-state index contributed by atoms with van der Waals surface area (Å²) in [5.41, 5.74) is 1.20. The van der Waals surface area contributed by atoms with E-state index in [0.717, 1.165) is 12.4 Å². The lowest BCUT2D eigenvalue weighted by atomic mass is 10.2. The van der Waals surface area contributed by atoms with E-state index in [0.29, 0.717) is 5.92 Å². The molecular weight excluding hydrogens is 231 g/mol. The molecule has 1 aromatic carbocycles. The van der Waals surface area contributed by atoms with E-state index in [2.05, 4.69) is 13.8 Å². The maximum atomic E-state index is 5.44. The maximum absolute atomic E-state index is 5.44. The zero-order chi connectivity index (χ0) is 10.4. The molecule has 0 aliphatic heterocycles. The summed E-state index contributed by atoms with van der Waals surface area (Å²) in [4.78, 5) is 0. The first-order chi connectivity index (χ1) is 6.68. The van der Waals surface area contributed by atoms with Gasteiger partial charge in [0.1, 0.15) is 5.75 Å². The molecule has 0 radical (unpaired) electrons. The molecule has 0 aliphatic carbocycles. The summed E-state index contributed by atoms with van der Waals surface area (Å²) in [6.07, 6.45) is 0. The van der Waals surface area contributed by atoms with Gasteiger partial charge < -0.3 is 9.05 Å². The van der Waals surface area contributed by atoms with Gasteiger partial charge >= 0.3 is 0 Å². The Labute approximate surface area is 99.7 Å². The van der Waals surface area contributed by atoms with Gasteiger partial charge in [0.2, 0.25) is 9.03 Å². The number of rotatable bonds is 5. The summed E-state index contributed by atoms with van der Waals surface area (Å²) in [7, 11) is 0.0988. The summed E-state index contributed by atoms with van der Waals surface area (Å²) in [6.45, 7) is 7.05. The zero-order valence-electron chi connectivity index (χ0n) is 9.32. The standard InChI is InChI=1S/C11H17O2P.ClH/c1-9(2)8-12-14-13-11-6-4-5-10(3)7-11;/h4-7,9,14H,8H2,1-3H3;1H. The lowest BCUT2D eigenvalue weighted by Gasteiger charge is -2.07. The Bertz CT molecular complexity index is 279. The van der Waals surface area contributed by atoms with Gasteiger partial charge in [-0.05, 0) is 30.5 Å². The average Bonchev–Trinajstić information content (AvgIpc) is 2.12. The van der Waals surface area contributed by atoms with Crippen LogP contribution in [0.15, 0.2) is 24.3 Å². The van der Waals surface area contributed by atoms with Crippen molar-refractivity contribution in [2.45, 2.75) is 20.8 Å². The monoisotopic (exact) mass is 248 g/mol. The summed E-state index contributed by atoms with van der Waals surface area (Å²) < 4.78 is 10.8. The Balaban J connectivity index is 0.00000196. The third kappa shape index (κ3) is 6.72. The van der Waals surface area contributed by atoms with Gasteiger partial charge in [-0.25, -0.2) is 0 Å². The highest BCUT2D eigenvalue weighted by atomic mass is 35.5. The Hall–Kier alpha value is -0.300. The van der Waals surface area contributed by atoms with E-state index in [1.54, 1.807) is 0 Å². The molecule has 1 aromatic rings. The van der Waals surface area contributed by atoms with Crippen LogP contribution in [0.4, 0.5) is 0 Å². The molecule has 15 heavy (non-hydrogen) atoms. The van der Waals surface area contributed by atoms with Gasteiger partial charge in [-0.2, -0.15) is 0 Å². The molecule has 0 spiro atoms. The first kappa shape index (κ1) is 14.7. The Morgan fingerprint density at radius 1 is 1.33 bits per heavy atom. The van der Waals surface area contributed by atoms with E-state index >= 15 is 0 Å². The van der Waals surface area contributed by atoms with Crippen LogP contribution in [0.3, 0.4) is 0 Å². The Morgan fingerprint density at radius 3 is 2.67 bits per heavy atom. The summed E-state index contributed by atoms with van der Waals surface area (Å²) >= 11 is 0. The summed E-state index contributed by atoms with van der Waals surface area (Å²) in [6, 6.07) is 7.98. The molecule has 86 valence electrons. The largest absolute Gasteiger partial charge is 0.450 e. The van der Waals surface area contributed by atoms with Crippen LogP contribution < -0.4 is 4.52 Å². The molecule has 2 nitrogen and oxygen atoms in total. The van der Waals surface area contributed by atoms with Crippen molar-refractivity contribution in [2.24, 2.45) is 5.92 Å². The topological polar surface area (TPSA) is 18.5 Å². The van der Waals surface area contributed by atoms with Crippen molar-refractivity contribution in [3.63, 3.8) is 0 Å². The van der Waals surface area contributed by atoms with Gasteiger partial charge in [0.25, 0.3) is 0 Å². The predicted molar refractivity (Wildman–Crippen MR) is 68.2 cm³/mol. The Morgan fingerprint density at radius 2 is 2.07 bits per heavy atom. The minimum atomic E-state index is 0. The summed E-state index contributed by atoms with van der Waals surface area (Å²) in [5, 5.41) is 0. The molecule has 4 heteroatoms. The van der Waals surface area contributed by atoms with Crippen LogP contribution in [-0.2, 0) is 4.52 Å². The van der Waals surface area contributed by atoms with E-state index in [1.807, 2.05) is 31.2 Å². The highest BCUT2D eigenvalue weighted by molar-refractivity contribution is 7.26. The normalized spacial score (nSPS) is 10.7. The second-order valence-corrected chi connectivity index (χ2v) is 4.37. The number of aryl methyl sites for hydroxylation is 1. The molecule has 1 unspecified atom stereocenters. The van der Waals surface area contributed by atoms with Crippen molar-refractivity contribution in [3.05, 3.63) is 29.8 Å². The van der Waals surface area contributed by atoms with Crippen molar-refractivity contribution in [1.29, 1.82) is 0 Å². The fraction of sp³-hybridized carbons (Fsp3) is 0.455. The van der Waals surface area contributed by atoms with E-state index < -0.39 is 0 Å². The van der Waals surface area contributed by atoms with E-state index in [9.17, 15) is 0 Å². The molecular formula is C11H18ClO2P. The Kier molecular flexibility index (Phi) is 7.76. The second-order valence-electron chi connectivity index (χ2n) is 3.71. The SMILES string of the molecule is Cc1cccc(OPOCC(C)C)c1.Cl. The number of benzene rings is 1. The van der Waals surface area contributed by atoms with Crippen molar-refractivity contribution < 1.29 is 9.05 Å². The van der Waals surface area contributed by atoms with Crippen molar-refractivity contribution in [2.75, 3.05) is 6.61 Å². The minimum Gasteiger partial charge on any atom is -0.450 e. The van der Waals surface area contributed by atoms with Gasteiger partial charge in [-0.3, -0.25) is 0 Å². The molecule has 0 N–H and O–H groups in total. The molecule has 0 saturated heterocycles. The average molecular weight is 249 g/mol. The van der Waals surface area contributed by atoms with Crippen LogP contribution >= 0.6 is 21.4 Å². The van der Waals surface area contributed by atoms with Crippen LogP contribution in [0.2, 0.25) is 0 Å². The van der Waals surface area contributed by atoms with Gasteiger partial charge in [0.05, 0.1) is 6.61 Å². The second kappa shape index (κ2) is 7.92. The molecule has 0 fully saturated rings. The summed E-state index contributed by atoms with van der Waals surface area (Å²) in [5.74, 6) is 1.44. The van der Waals surface area contributed by atoms with Crippen molar-refractivity contribution in [3.8, 4) is 5.75 Å². The number of hydrogen-bond donors (Lipinski definition) is 0. The quantitative estimate of drug-likeness (QED) is 0.580. The fourth-order valence-corrected chi connectivity index (χ4v) is 1.64. The van der Waals surface area contributed by atoms with Crippen LogP contribution in [0.1, 0.15) is 19.4 Å². The first-order valence-corrected chi connectivity index (χ1v) is 5.60. The number of hydrogen-bond acceptors (Lipinski definition) is 2. The third-order valence-electron chi connectivity index (χ3n) is 1.62. The third-order valence-corrected chi connectivity index (χ3v) is 2.23. The smallest absolute Gasteiger partial charge is 0.215 e. The van der Waals surface area contributed by atoms with E-state index in [4.69, 9.17) is 9.05 Å². The van der Waals surface area contributed by atoms with Crippen molar-refractivity contribution >= 4 is 21.4 Å². The van der Waals surface area contributed by atoms with Crippen molar-refractivity contribution in [1.82, 2.24) is 0 Å². The molecule has 0 bridgehead atoms. The predicted octanol–water partition coefficient (Wildman–Crippen LogP) is 3.98. The molecule has 0 saturated carbocycles. The molecule has 1 atom stereocenters. The van der Waals surface area contributed by atoms with Crippen LogP contribution in [0, 0.1) is 12.8 Å². The lowest BCUT2D eigenvalue weighted by Crippen LogP contribution is -1.96. The highest BCUT2D eigenvalue weighted by Crippen LogP contribution is 2.22. The lowest BCUT2D eigenvalue weighted by molar-refractivity contribution is 0.283. The maximum Gasteiger partial charge on any atom is 0.215 e.